The van der Waals surface area contributed by atoms with Crippen molar-refractivity contribution in [1.29, 1.82) is 0 Å². The number of aromatic nitrogens is 4. The molecule has 0 fully saturated rings. The Morgan fingerprint density at radius 3 is 2.43 bits per heavy atom. The predicted octanol–water partition coefficient (Wildman–Crippen LogP) is 2.58. The second-order valence-corrected chi connectivity index (χ2v) is 6.10. The number of nitrogens with zero attached hydrogens (tertiary/aromatic N) is 4. The molecule has 0 aromatic carbocycles. The minimum absolute atomic E-state index is 0.0198. The van der Waals surface area contributed by atoms with Crippen LogP contribution in [0, 0.1) is 13.8 Å². The minimum Gasteiger partial charge on any atom is -0.481 e. The normalized spacial score (nSPS) is 11.1. The predicted molar refractivity (Wildman–Crippen MR) is 81.1 cm³/mol. The molecular weight excluding hydrogens is 288 g/mol. The number of aryl methyl sites for hydroxylation is 2. The summed E-state index contributed by atoms with van der Waals surface area (Å²) in [6.07, 6.45) is 0. The number of carboxylic acids is 1. The Morgan fingerprint density at radius 1 is 1.29 bits per heavy atom. The van der Waals surface area contributed by atoms with E-state index in [0.29, 0.717) is 5.95 Å². The van der Waals surface area contributed by atoms with Crippen molar-refractivity contribution in [1.82, 2.24) is 19.7 Å². The van der Waals surface area contributed by atoms with E-state index in [1.807, 2.05) is 39.8 Å². The highest BCUT2D eigenvalue weighted by atomic mass is 32.2. The fourth-order valence-electron chi connectivity index (χ4n) is 1.85. The molecule has 112 valence electrons. The highest BCUT2D eigenvalue weighted by Crippen LogP contribution is 2.25. The molecule has 0 aliphatic heterocycles. The van der Waals surface area contributed by atoms with Gasteiger partial charge in [-0.15, -0.1) is 0 Å². The van der Waals surface area contributed by atoms with E-state index in [2.05, 4.69) is 15.1 Å². The fraction of sp³-hybridized carbons (Fsp3) is 0.429. The van der Waals surface area contributed by atoms with E-state index in [0.717, 1.165) is 22.1 Å². The van der Waals surface area contributed by atoms with Gasteiger partial charge in [-0.2, -0.15) is 9.78 Å². The lowest BCUT2D eigenvalue weighted by atomic mass is 10.1. The highest BCUT2D eigenvalue weighted by Gasteiger charge is 2.16. The van der Waals surface area contributed by atoms with Crippen molar-refractivity contribution < 1.29 is 9.90 Å². The third-order valence-electron chi connectivity index (χ3n) is 2.79. The molecule has 0 saturated heterocycles. The molecule has 0 atom stereocenters. The van der Waals surface area contributed by atoms with Crippen LogP contribution in [0.4, 0.5) is 0 Å². The summed E-state index contributed by atoms with van der Waals surface area (Å²) < 4.78 is 1.63. The number of hydrogen-bond donors (Lipinski definition) is 1. The zero-order valence-electron chi connectivity index (χ0n) is 12.5. The first-order valence-corrected chi connectivity index (χ1v) is 7.62. The van der Waals surface area contributed by atoms with Crippen LogP contribution in [-0.2, 0) is 4.79 Å². The van der Waals surface area contributed by atoms with Crippen LogP contribution in [0.1, 0.15) is 36.8 Å². The summed E-state index contributed by atoms with van der Waals surface area (Å²) in [7, 11) is 0. The summed E-state index contributed by atoms with van der Waals surface area (Å²) in [6.45, 7) is 7.88. The standard InChI is InChI=1S/C14H18N4O2S/c1-8(2)11-6-12(21-7-13(19)20)18(17-11)14-15-9(3)5-10(4)16-14/h5-6,8H,7H2,1-4H3,(H,19,20). The van der Waals surface area contributed by atoms with E-state index in [1.54, 1.807) is 4.68 Å². The van der Waals surface area contributed by atoms with Gasteiger partial charge < -0.3 is 5.11 Å². The monoisotopic (exact) mass is 306 g/mol. The average molecular weight is 306 g/mol. The molecule has 0 amide bonds. The number of carbonyl (C=O) groups is 1. The molecule has 0 saturated carbocycles. The van der Waals surface area contributed by atoms with Crippen molar-refractivity contribution >= 4 is 17.7 Å². The Kier molecular flexibility index (Phi) is 4.62. The first kappa shape index (κ1) is 15.5. The highest BCUT2D eigenvalue weighted by molar-refractivity contribution is 7.99. The topological polar surface area (TPSA) is 80.9 Å². The van der Waals surface area contributed by atoms with Crippen molar-refractivity contribution in [2.45, 2.75) is 38.6 Å². The second-order valence-electron chi connectivity index (χ2n) is 5.11. The minimum atomic E-state index is -0.861. The Morgan fingerprint density at radius 2 is 1.90 bits per heavy atom. The van der Waals surface area contributed by atoms with Crippen molar-refractivity contribution in [3.8, 4) is 5.95 Å². The van der Waals surface area contributed by atoms with Gasteiger partial charge in [0.25, 0.3) is 5.95 Å². The van der Waals surface area contributed by atoms with Gasteiger partial charge in [0.2, 0.25) is 0 Å². The number of carboxylic acid groups (broad SMARTS) is 1. The molecule has 1 N–H and O–H groups in total. The summed E-state index contributed by atoms with van der Waals surface area (Å²) in [5.41, 5.74) is 2.60. The maximum Gasteiger partial charge on any atom is 0.313 e. The summed E-state index contributed by atoms with van der Waals surface area (Å²) in [5, 5.41) is 14.1. The summed E-state index contributed by atoms with van der Waals surface area (Å²) in [4.78, 5) is 19.6. The number of rotatable bonds is 5. The molecule has 0 aliphatic rings. The quantitative estimate of drug-likeness (QED) is 0.855. The molecule has 0 spiro atoms. The molecule has 0 aliphatic carbocycles. The summed E-state index contributed by atoms with van der Waals surface area (Å²) in [5.74, 6) is -0.151. The van der Waals surface area contributed by atoms with Gasteiger partial charge in [0.05, 0.1) is 11.4 Å². The van der Waals surface area contributed by atoms with Gasteiger partial charge in [0.15, 0.2) is 0 Å². The Balaban J connectivity index is 2.46. The van der Waals surface area contributed by atoms with Crippen LogP contribution in [0.3, 0.4) is 0 Å². The lowest BCUT2D eigenvalue weighted by molar-refractivity contribution is -0.133. The molecule has 0 bridgehead atoms. The largest absolute Gasteiger partial charge is 0.481 e. The van der Waals surface area contributed by atoms with Crippen LogP contribution in [0.5, 0.6) is 0 Å². The van der Waals surface area contributed by atoms with Crippen LogP contribution < -0.4 is 0 Å². The van der Waals surface area contributed by atoms with Gasteiger partial charge in [-0.05, 0) is 31.9 Å². The first-order valence-electron chi connectivity index (χ1n) is 6.64. The van der Waals surface area contributed by atoms with Crippen molar-refractivity contribution in [2.75, 3.05) is 5.75 Å². The maximum absolute atomic E-state index is 10.8. The molecule has 0 unspecified atom stereocenters. The van der Waals surface area contributed by atoms with Gasteiger partial charge in [-0.3, -0.25) is 4.79 Å². The zero-order chi connectivity index (χ0) is 15.6. The maximum atomic E-state index is 10.8. The van der Waals surface area contributed by atoms with Crippen LogP contribution in [0.2, 0.25) is 0 Å². The molecular formula is C14H18N4O2S. The lowest BCUT2D eigenvalue weighted by Crippen LogP contribution is -2.08. The average Bonchev–Trinajstić information content (AvgIpc) is 2.79. The summed E-state index contributed by atoms with van der Waals surface area (Å²) in [6, 6.07) is 3.79. The number of thioether (sulfide) groups is 1. The van der Waals surface area contributed by atoms with Gasteiger partial charge in [-0.1, -0.05) is 25.6 Å². The van der Waals surface area contributed by atoms with Gasteiger partial charge >= 0.3 is 5.97 Å². The third-order valence-corrected chi connectivity index (χ3v) is 3.77. The molecule has 21 heavy (non-hydrogen) atoms. The van der Waals surface area contributed by atoms with E-state index in [4.69, 9.17) is 5.11 Å². The smallest absolute Gasteiger partial charge is 0.313 e. The molecule has 2 heterocycles. The first-order chi connectivity index (χ1) is 9.86. The molecule has 7 heteroatoms. The van der Waals surface area contributed by atoms with Crippen LogP contribution in [0.25, 0.3) is 5.95 Å². The van der Waals surface area contributed by atoms with Crippen molar-refractivity contribution in [3.63, 3.8) is 0 Å². The zero-order valence-corrected chi connectivity index (χ0v) is 13.3. The van der Waals surface area contributed by atoms with E-state index in [-0.39, 0.29) is 11.7 Å². The number of aliphatic carboxylic acids is 1. The van der Waals surface area contributed by atoms with Crippen LogP contribution >= 0.6 is 11.8 Å². The number of hydrogen-bond acceptors (Lipinski definition) is 5. The Hall–Kier alpha value is -1.89. The fourth-order valence-corrected chi connectivity index (χ4v) is 2.57. The van der Waals surface area contributed by atoms with E-state index in [1.165, 1.54) is 11.8 Å². The molecule has 2 rings (SSSR count). The lowest BCUT2D eigenvalue weighted by Gasteiger charge is -2.06. The van der Waals surface area contributed by atoms with Crippen molar-refractivity contribution in [2.24, 2.45) is 0 Å². The van der Waals surface area contributed by atoms with Gasteiger partial charge in [0.1, 0.15) is 5.03 Å². The van der Waals surface area contributed by atoms with E-state index in [9.17, 15) is 4.79 Å². The molecule has 0 radical (unpaired) electrons. The molecule has 2 aromatic heterocycles. The van der Waals surface area contributed by atoms with Gasteiger partial charge in [-0.25, -0.2) is 9.97 Å². The second kappa shape index (κ2) is 6.26. The van der Waals surface area contributed by atoms with Crippen molar-refractivity contribution in [3.05, 3.63) is 29.2 Å². The molecule has 2 aromatic rings. The van der Waals surface area contributed by atoms with Gasteiger partial charge in [0, 0.05) is 11.4 Å². The third kappa shape index (κ3) is 3.81. The molecule has 6 nitrogen and oxygen atoms in total. The van der Waals surface area contributed by atoms with Crippen LogP contribution in [0.15, 0.2) is 17.2 Å². The SMILES string of the molecule is Cc1cc(C)nc(-n2nc(C(C)C)cc2SCC(=O)O)n1. The Labute approximate surface area is 127 Å². The van der Waals surface area contributed by atoms with E-state index < -0.39 is 5.97 Å². The Bertz CT molecular complexity index is 647. The van der Waals surface area contributed by atoms with E-state index >= 15 is 0 Å². The summed E-state index contributed by atoms with van der Waals surface area (Å²) >= 11 is 1.22. The van der Waals surface area contributed by atoms with Crippen LogP contribution in [-0.4, -0.2) is 36.6 Å².